The van der Waals surface area contributed by atoms with Crippen molar-refractivity contribution in [3.63, 3.8) is 0 Å². The van der Waals surface area contributed by atoms with Gasteiger partial charge in [-0.05, 0) is 13.3 Å². The second-order valence-electron chi connectivity index (χ2n) is 3.36. The molecule has 0 fully saturated rings. The molecule has 1 aromatic heterocycles. The van der Waals surface area contributed by atoms with E-state index in [2.05, 4.69) is 10.3 Å². The fraction of sp³-hybridized carbons (Fsp3) is 0.600. The number of carbonyl (C=O) groups excluding carboxylic acids is 1. The Kier molecular flexibility index (Phi) is 4.16. The van der Waals surface area contributed by atoms with Crippen molar-refractivity contribution in [1.29, 1.82) is 0 Å². The Balaban J connectivity index is 2.22. The fourth-order valence-electron chi connectivity index (χ4n) is 1.05. The van der Waals surface area contributed by atoms with E-state index in [-0.39, 0.29) is 11.9 Å². The number of hydrogen-bond donors (Lipinski definition) is 1. The summed E-state index contributed by atoms with van der Waals surface area (Å²) in [6.45, 7) is 4.04. The Morgan fingerprint density at radius 1 is 1.71 bits per heavy atom. The van der Waals surface area contributed by atoms with Gasteiger partial charge in [-0.25, -0.2) is 4.98 Å². The third kappa shape index (κ3) is 3.60. The summed E-state index contributed by atoms with van der Waals surface area (Å²) in [6.07, 6.45) is 5.00. The minimum absolute atomic E-state index is 0.0716. The summed E-state index contributed by atoms with van der Waals surface area (Å²) in [5.41, 5.74) is 0.823. The highest BCUT2D eigenvalue weighted by atomic mass is 16.3. The van der Waals surface area contributed by atoms with Crippen LogP contribution in [0.1, 0.15) is 32.4 Å². The lowest BCUT2D eigenvalue weighted by molar-refractivity contribution is -0.121. The van der Waals surface area contributed by atoms with Gasteiger partial charge in [-0.2, -0.15) is 0 Å². The molecule has 0 aliphatic carbocycles. The first kappa shape index (κ1) is 10.8. The minimum Gasteiger partial charge on any atom is -0.451 e. The van der Waals surface area contributed by atoms with Crippen molar-refractivity contribution in [2.45, 2.75) is 39.2 Å². The number of nitrogens with one attached hydrogen (secondary N) is 1. The Hall–Kier alpha value is -1.32. The van der Waals surface area contributed by atoms with E-state index in [1.807, 2.05) is 13.8 Å². The standard InChI is InChI=1S/C10H16N2O2/c1-3-8(2)12-10(13)5-4-9-6-14-7-11-9/h6-8H,3-5H2,1-2H3,(H,12,13). The average molecular weight is 196 g/mol. The molecule has 1 atom stereocenters. The van der Waals surface area contributed by atoms with Gasteiger partial charge in [-0.1, -0.05) is 6.92 Å². The molecular formula is C10H16N2O2. The molecule has 0 spiro atoms. The van der Waals surface area contributed by atoms with Crippen LogP contribution in [0.3, 0.4) is 0 Å². The van der Waals surface area contributed by atoms with Crippen LogP contribution in [-0.2, 0) is 11.2 Å². The summed E-state index contributed by atoms with van der Waals surface area (Å²) >= 11 is 0. The van der Waals surface area contributed by atoms with Gasteiger partial charge in [0, 0.05) is 18.9 Å². The van der Waals surface area contributed by atoms with Crippen LogP contribution in [0.4, 0.5) is 0 Å². The quantitative estimate of drug-likeness (QED) is 0.776. The smallest absolute Gasteiger partial charge is 0.220 e. The molecule has 1 aromatic rings. The molecule has 4 heteroatoms. The van der Waals surface area contributed by atoms with Gasteiger partial charge >= 0.3 is 0 Å². The van der Waals surface area contributed by atoms with Gasteiger partial charge in [0.25, 0.3) is 0 Å². The highest BCUT2D eigenvalue weighted by Crippen LogP contribution is 1.99. The van der Waals surface area contributed by atoms with Gasteiger partial charge in [0.15, 0.2) is 6.39 Å². The van der Waals surface area contributed by atoms with Gasteiger partial charge in [-0.3, -0.25) is 4.79 Å². The van der Waals surface area contributed by atoms with Crippen molar-refractivity contribution >= 4 is 5.91 Å². The largest absolute Gasteiger partial charge is 0.451 e. The number of nitrogens with zero attached hydrogens (tertiary/aromatic N) is 1. The summed E-state index contributed by atoms with van der Waals surface area (Å²) in [5, 5.41) is 2.89. The summed E-state index contributed by atoms with van der Waals surface area (Å²) in [5.74, 6) is 0.0716. The van der Waals surface area contributed by atoms with Crippen molar-refractivity contribution in [2.24, 2.45) is 0 Å². The summed E-state index contributed by atoms with van der Waals surface area (Å²) in [7, 11) is 0. The van der Waals surface area contributed by atoms with Crippen LogP contribution >= 0.6 is 0 Å². The van der Waals surface area contributed by atoms with E-state index >= 15 is 0 Å². The van der Waals surface area contributed by atoms with E-state index in [9.17, 15) is 4.79 Å². The van der Waals surface area contributed by atoms with Crippen molar-refractivity contribution in [3.05, 3.63) is 18.4 Å². The number of aryl methyl sites for hydroxylation is 1. The molecule has 1 amide bonds. The Morgan fingerprint density at radius 2 is 2.50 bits per heavy atom. The van der Waals surface area contributed by atoms with E-state index < -0.39 is 0 Å². The topological polar surface area (TPSA) is 55.1 Å². The molecule has 1 heterocycles. The number of carbonyl (C=O) groups is 1. The summed E-state index contributed by atoms with van der Waals surface area (Å²) < 4.78 is 4.81. The van der Waals surface area contributed by atoms with E-state index in [1.54, 1.807) is 6.26 Å². The van der Waals surface area contributed by atoms with Crippen molar-refractivity contribution in [3.8, 4) is 0 Å². The van der Waals surface area contributed by atoms with Crippen molar-refractivity contribution in [1.82, 2.24) is 10.3 Å². The van der Waals surface area contributed by atoms with Crippen molar-refractivity contribution in [2.75, 3.05) is 0 Å². The molecule has 0 saturated carbocycles. The van der Waals surface area contributed by atoms with Gasteiger partial charge < -0.3 is 9.73 Å². The van der Waals surface area contributed by atoms with E-state index in [0.29, 0.717) is 12.8 Å². The monoisotopic (exact) mass is 196 g/mol. The maximum absolute atomic E-state index is 11.3. The van der Waals surface area contributed by atoms with Crippen LogP contribution in [0.15, 0.2) is 17.1 Å². The number of oxazole rings is 1. The average Bonchev–Trinajstić information content (AvgIpc) is 2.67. The highest BCUT2D eigenvalue weighted by Gasteiger charge is 2.06. The van der Waals surface area contributed by atoms with Crippen LogP contribution in [0.5, 0.6) is 0 Å². The van der Waals surface area contributed by atoms with Crippen LogP contribution in [-0.4, -0.2) is 16.9 Å². The zero-order valence-electron chi connectivity index (χ0n) is 8.62. The molecule has 0 aliphatic rings. The van der Waals surface area contributed by atoms with Gasteiger partial charge in [-0.15, -0.1) is 0 Å². The Morgan fingerprint density at radius 3 is 3.07 bits per heavy atom. The highest BCUT2D eigenvalue weighted by molar-refractivity contribution is 5.76. The van der Waals surface area contributed by atoms with Gasteiger partial charge in [0.05, 0.1) is 5.69 Å². The summed E-state index contributed by atoms with van der Waals surface area (Å²) in [6, 6.07) is 0.250. The van der Waals surface area contributed by atoms with E-state index in [4.69, 9.17) is 4.42 Å². The zero-order valence-corrected chi connectivity index (χ0v) is 8.62. The molecule has 0 aromatic carbocycles. The first-order valence-corrected chi connectivity index (χ1v) is 4.88. The maximum Gasteiger partial charge on any atom is 0.220 e. The normalized spacial score (nSPS) is 12.4. The van der Waals surface area contributed by atoms with Gasteiger partial charge in [0.2, 0.25) is 5.91 Å². The first-order valence-electron chi connectivity index (χ1n) is 4.88. The van der Waals surface area contributed by atoms with Crippen LogP contribution < -0.4 is 5.32 Å². The first-order chi connectivity index (χ1) is 6.72. The number of amides is 1. The fourth-order valence-corrected chi connectivity index (χ4v) is 1.05. The third-order valence-electron chi connectivity index (χ3n) is 2.11. The predicted molar refractivity (Wildman–Crippen MR) is 52.7 cm³/mol. The van der Waals surface area contributed by atoms with Crippen LogP contribution in [0, 0.1) is 0 Å². The molecule has 0 bridgehead atoms. The molecule has 1 rings (SSSR count). The molecule has 14 heavy (non-hydrogen) atoms. The minimum atomic E-state index is 0.0716. The lowest BCUT2D eigenvalue weighted by atomic mass is 10.2. The number of rotatable bonds is 5. The third-order valence-corrected chi connectivity index (χ3v) is 2.11. The van der Waals surface area contributed by atoms with Crippen LogP contribution in [0.25, 0.3) is 0 Å². The maximum atomic E-state index is 11.3. The molecule has 0 aliphatic heterocycles. The van der Waals surface area contributed by atoms with E-state index in [1.165, 1.54) is 6.39 Å². The molecule has 4 nitrogen and oxygen atoms in total. The van der Waals surface area contributed by atoms with Crippen LogP contribution in [0.2, 0.25) is 0 Å². The molecule has 1 N–H and O–H groups in total. The lowest BCUT2D eigenvalue weighted by Crippen LogP contribution is -2.32. The zero-order chi connectivity index (χ0) is 10.4. The molecule has 0 radical (unpaired) electrons. The Bertz CT molecular complexity index is 270. The number of aromatic nitrogens is 1. The second-order valence-corrected chi connectivity index (χ2v) is 3.36. The SMILES string of the molecule is CCC(C)NC(=O)CCc1cocn1. The summed E-state index contributed by atoms with van der Waals surface area (Å²) in [4.78, 5) is 15.3. The lowest BCUT2D eigenvalue weighted by Gasteiger charge is -2.10. The molecule has 0 saturated heterocycles. The molecular weight excluding hydrogens is 180 g/mol. The molecule has 1 unspecified atom stereocenters. The van der Waals surface area contributed by atoms with E-state index in [0.717, 1.165) is 12.1 Å². The Labute approximate surface area is 83.7 Å². The van der Waals surface area contributed by atoms with Gasteiger partial charge in [0.1, 0.15) is 6.26 Å². The second kappa shape index (κ2) is 5.42. The number of hydrogen-bond acceptors (Lipinski definition) is 3. The predicted octanol–water partition coefficient (Wildman–Crippen LogP) is 1.52. The molecule has 78 valence electrons. The van der Waals surface area contributed by atoms with Crippen molar-refractivity contribution < 1.29 is 9.21 Å².